The number of nitrogens with zero attached hydrogens (tertiary/aromatic N) is 3. The van der Waals surface area contributed by atoms with Crippen LogP contribution in [-0.4, -0.2) is 53.9 Å². The summed E-state index contributed by atoms with van der Waals surface area (Å²) in [5.41, 5.74) is -1.45. The molecule has 0 atom stereocenters. The quantitative estimate of drug-likeness (QED) is 0.606. The van der Waals surface area contributed by atoms with Gasteiger partial charge in [-0.3, -0.25) is 14.9 Å². The summed E-state index contributed by atoms with van der Waals surface area (Å²) in [5.74, 6) is -2.94. The van der Waals surface area contributed by atoms with Gasteiger partial charge >= 0.3 is 5.69 Å². The van der Waals surface area contributed by atoms with E-state index in [1.165, 1.54) is 4.90 Å². The van der Waals surface area contributed by atoms with Crippen LogP contribution in [0.1, 0.15) is 10.4 Å². The van der Waals surface area contributed by atoms with E-state index in [9.17, 15) is 23.7 Å². The third kappa shape index (κ3) is 2.74. The van der Waals surface area contributed by atoms with E-state index >= 15 is 0 Å². The molecule has 0 N–H and O–H groups in total. The molecule has 8 heteroatoms. The molecule has 1 fully saturated rings. The van der Waals surface area contributed by atoms with Gasteiger partial charge in [0.05, 0.1) is 16.6 Å². The van der Waals surface area contributed by atoms with Crippen LogP contribution in [0.5, 0.6) is 0 Å². The third-order valence-corrected chi connectivity index (χ3v) is 3.25. The van der Waals surface area contributed by atoms with Gasteiger partial charge in [-0.1, -0.05) is 0 Å². The van der Waals surface area contributed by atoms with Crippen LogP contribution in [0.4, 0.5) is 14.5 Å². The van der Waals surface area contributed by atoms with Gasteiger partial charge in [0.25, 0.3) is 5.91 Å². The van der Waals surface area contributed by atoms with Gasteiger partial charge in [0.15, 0.2) is 0 Å². The number of rotatable bonds is 2. The van der Waals surface area contributed by atoms with E-state index < -0.39 is 33.7 Å². The predicted molar refractivity (Wildman–Crippen MR) is 66.4 cm³/mol. The van der Waals surface area contributed by atoms with Crippen LogP contribution >= 0.6 is 0 Å². The Hall–Kier alpha value is -2.09. The number of nitro groups is 1. The highest BCUT2D eigenvalue weighted by atomic mass is 19.1. The van der Waals surface area contributed by atoms with Crippen LogP contribution in [0, 0.1) is 21.7 Å². The van der Waals surface area contributed by atoms with Gasteiger partial charge in [-0.05, 0) is 13.1 Å². The Morgan fingerprint density at radius 3 is 2.35 bits per heavy atom. The van der Waals surface area contributed by atoms with Crippen molar-refractivity contribution in [3.8, 4) is 0 Å². The number of amides is 1. The molecule has 0 radical (unpaired) electrons. The second-order valence-electron chi connectivity index (χ2n) is 4.64. The first kappa shape index (κ1) is 14.3. The summed E-state index contributed by atoms with van der Waals surface area (Å²) >= 11 is 0. The molecule has 0 saturated carbocycles. The van der Waals surface area contributed by atoms with Gasteiger partial charge in [-0.2, -0.15) is 4.39 Å². The van der Waals surface area contributed by atoms with E-state index in [2.05, 4.69) is 0 Å². The second-order valence-corrected chi connectivity index (χ2v) is 4.64. The minimum atomic E-state index is -1.21. The lowest BCUT2D eigenvalue weighted by Crippen LogP contribution is -2.47. The molecule has 1 aromatic carbocycles. The van der Waals surface area contributed by atoms with Crippen LogP contribution in [0.15, 0.2) is 12.1 Å². The third-order valence-electron chi connectivity index (χ3n) is 3.25. The first-order chi connectivity index (χ1) is 9.40. The molecule has 1 aliphatic heterocycles. The standard InChI is InChI=1S/C12H13F2N3O3/c1-15-2-4-16(5-3-15)12(18)8-6-10(14)11(17(19)20)7-9(8)13/h6-7H,2-5H2,1H3. The van der Waals surface area contributed by atoms with Crippen LogP contribution in [-0.2, 0) is 0 Å². The summed E-state index contributed by atoms with van der Waals surface area (Å²) in [6, 6.07) is 1.03. The Kier molecular flexibility index (Phi) is 3.93. The van der Waals surface area contributed by atoms with E-state index in [0.29, 0.717) is 38.3 Å². The van der Waals surface area contributed by atoms with E-state index in [1.807, 2.05) is 11.9 Å². The Morgan fingerprint density at radius 2 is 1.80 bits per heavy atom. The lowest BCUT2D eigenvalue weighted by Gasteiger charge is -2.32. The van der Waals surface area contributed by atoms with E-state index in [0.717, 1.165) is 0 Å². The zero-order valence-corrected chi connectivity index (χ0v) is 10.8. The van der Waals surface area contributed by atoms with Gasteiger partial charge in [0.1, 0.15) is 5.82 Å². The Bertz CT molecular complexity index is 557. The summed E-state index contributed by atoms with van der Waals surface area (Å²) < 4.78 is 27.2. The van der Waals surface area contributed by atoms with Crippen molar-refractivity contribution >= 4 is 11.6 Å². The van der Waals surface area contributed by atoms with Crippen molar-refractivity contribution in [1.82, 2.24) is 9.80 Å². The first-order valence-corrected chi connectivity index (χ1v) is 6.01. The predicted octanol–water partition coefficient (Wildman–Crippen LogP) is 1.26. The fourth-order valence-corrected chi connectivity index (χ4v) is 2.02. The number of hydrogen-bond donors (Lipinski definition) is 0. The highest BCUT2D eigenvalue weighted by molar-refractivity contribution is 5.94. The molecule has 0 aromatic heterocycles. The summed E-state index contributed by atoms with van der Waals surface area (Å²) in [4.78, 5) is 25.0. The molecule has 1 amide bonds. The van der Waals surface area contributed by atoms with Crippen LogP contribution < -0.4 is 0 Å². The normalized spacial score (nSPS) is 16.2. The van der Waals surface area contributed by atoms with Crippen LogP contribution in [0.2, 0.25) is 0 Å². The van der Waals surface area contributed by atoms with E-state index in [-0.39, 0.29) is 0 Å². The number of halogens is 2. The van der Waals surface area contributed by atoms with Crippen molar-refractivity contribution in [3.63, 3.8) is 0 Å². The van der Waals surface area contributed by atoms with Gasteiger partial charge in [-0.25, -0.2) is 4.39 Å². The molecule has 1 heterocycles. The average Bonchev–Trinajstić information content (AvgIpc) is 2.40. The molecular formula is C12H13F2N3O3. The van der Waals surface area contributed by atoms with Crippen molar-refractivity contribution in [2.45, 2.75) is 0 Å². The zero-order valence-electron chi connectivity index (χ0n) is 10.8. The second kappa shape index (κ2) is 5.49. The molecule has 0 unspecified atom stereocenters. The highest BCUT2D eigenvalue weighted by Gasteiger charge is 2.26. The SMILES string of the molecule is CN1CCN(C(=O)c2cc(F)c([N+](=O)[O-])cc2F)CC1. The summed E-state index contributed by atoms with van der Waals surface area (Å²) in [5, 5.41) is 10.5. The van der Waals surface area contributed by atoms with Gasteiger partial charge in [-0.15, -0.1) is 0 Å². The van der Waals surface area contributed by atoms with Gasteiger partial charge in [0, 0.05) is 26.2 Å². The lowest BCUT2D eigenvalue weighted by molar-refractivity contribution is -0.387. The monoisotopic (exact) mass is 285 g/mol. The van der Waals surface area contributed by atoms with Gasteiger partial charge < -0.3 is 9.80 Å². The van der Waals surface area contributed by atoms with Crippen molar-refractivity contribution in [1.29, 1.82) is 0 Å². The number of benzene rings is 1. The van der Waals surface area contributed by atoms with Crippen molar-refractivity contribution in [2.24, 2.45) is 0 Å². The summed E-state index contributed by atoms with van der Waals surface area (Å²) in [7, 11) is 1.90. The minimum absolute atomic E-state index is 0.410. The summed E-state index contributed by atoms with van der Waals surface area (Å²) in [6.45, 7) is 2.10. The first-order valence-electron chi connectivity index (χ1n) is 6.01. The molecule has 2 rings (SSSR count). The molecule has 1 aromatic rings. The molecule has 20 heavy (non-hydrogen) atoms. The van der Waals surface area contributed by atoms with Crippen molar-refractivity contribution < 1.29 is 18.5 Å². The van der Waals surface area contributed by atoms with Crippen LogP contribution in [0.25, 0.3) is 0 Å². The summed E-state index contributed by atoms with van der Waals surface area (Å²) in [6.07, 6.45) is 0. The number of hydrogen-bond acceptors (Lipinski definition) is 4. The maximum absolute atomic E-state index is 13.7. The minimum Gasteiger partial charge on any atom is -0.336 e. The van der Waals surface area contributed by atoms with Crippen LogP contribution in [0.3, 0.4) is 0 Å². The molecule has 6 nitrogen and oxygen atoms in total. The fourth-order valence-electron chi connectivity index (χ4n) is 2.02. The Labute approximate surface area is 113 Å². The average molecular weight is 285 g/mol. The zero-order chi connectivity index (χ0) is 14.9. The smallest absolute Gasteiger partial charge is 0.307 e. The molecule has 1 aliphatic rings. The Balaban J connectivity index is 2.26. The maximum atomic E-state index is 13.7. The highest BCUT2D eigenvalue weighted by Crippen LogP contribution is 2.22. The number of piperazine rings is 1. The molecule has 0 spiro atoms. The lowest BCUT2D eigenvalue weighted by atomic mass is 10.1. The fraction of sp³-hybridized carbons (Fsp3) is 0.417. The van der Waals surface area contributed by atoms with E-state index in [1.54, 1.807) is 0 Å². The number of carbonyl (C=O) groups excluding carboxylic acids is 1. The van der Waals surface area contributed by atoms with Crippen molar-refractivity contribution in [3.05, 3.63) is 39.4 Å². The molecule has 1 saturated heterocycles. The largest absolute Gasteiger partial charge is 0.336 e. The van der Waals surface area contributed by atoms with Gasteiger partial charge in [0.2, 0.25) is 5.82 Å². The number of carbonyl (C=O) groups is 1. The number of nitro benzene ring substituents is 1. The molecule has 108 valence electrons. The van der Waals surface area contributed by atoms with Crippen molar-refractivity contribution in [2.75, 3.05) is 33.2 Å². The molecule has 0 aliphatic carbocycles. The molecule has 0 bridgehead atoms. The topological polar surface area (TPSA) is 66.7 Å². The maximum Gasteiger partial charge on any atom is 0.307 e. The van der Waals surface area contributed by atoms with E-state index in [4.69, 9.17) is 0 Å². The number of likely N-dealkylation sites (N-methyl/N-ethyl adjacent to an activating group) is 1. The molecular weight excluding hydrogens is 272 g/mol. The Morgan fingerprint density at radius 1 is 1.20 bits per heavy atom.